The summed E-state index contributed by atoms with van der Waals surface area (Å²) in [6.07, 6.45) is 6.97. The fraction of sp³-hybridized carbons (Fsp3) is 0.360. The molecule has 4 heterocycles. The number of benzene rings is 2. The smallest absolute Gasteiger partial charge is 0.327 e. The zero-order valence-electron chi connectivity index (χ0n) is 46.7. The number of nitrogens with one attached hydrogen (secondary N) is 4. The number of amides is 4. The van der Waals surface area contributed by atoms with E-state index in [0.29, 0.717) is 45.2 Å². The summed E-state index contributed by atoms with van der Waals surface area (Å²) in [4.78, 5) is 83.1. The van der Waals surface area contributed by atoms with Crippen molar-refractivity contribution in [2.75, 3.05) is 52.9 Å². The Balaban J connectivity index is 1.45. The van der Waals surface area contributed by atoms with Gasteiger partial charge in [-0.1, -0.05) is 31.3 Å². The van der Waals surface area contributed by atoms with Gasteiger partial charge in [-0.25, -0.2) is 23.1 Å². The molecule has 0 fully saturated rings. The number of carbonyl (C=O) groups excluding carboxylic acids is 4. The maximum Gasteiger partial charge on any atom is 0.327 e. The first-order valence-electron chi connectivity index (χ1n) is 25.7. The molecule has 2 atom stereocenters. The molecule has 88 heavy (non-hydrogen) atoms. The molecule has 0 bridgehead atoms. The number of hydrogen-bond donors (Lipinski definition) is 11. The molecule has 0 aliphatic carbocycles. The molecule has 2 unspecified atom stereocenters. The number of aliphatic carboxylic acids is 2. The second kappa shape index (κ2) is 26.9. The van der Waals surface area contributed by atoms with Crippen molar-refractivity contribution in [1.29, 1.82) is 0 Å². The number of hydrogen-bond acceptors (Lipinski definition) is 21. The average Bonchev–Trinajstić information content (AvgIpc) is 1.62. The molecular formula is C50H59N10O22S6+. The lowest BCUT2D eigenvalue weighted by molar-refractivity contribution is -0.437. The van der Waals surface area contributed by atoms with E-state index in [1.165, 1.54) is 54.7 Å². The molecule has 476 valence electrons. The van der Waals surface area contributed by atoms with Crippen LogP contribution in [0, 0.1) is 0 Å². The molecule has 2 aromatic heterocycles. The third kappa shape index (κ3) is 18.4. The first-order chi connectivity index (χ1) is 40.5. The Bertz CT molecular complexity index is 4200. The summed E-state index contributed by atoms with van der Waals surface area (Å²) in [6.45, 7) is 6.53. The Morgan fingerprint density at radius 1 is 0.705 bits per heavy atom. The number of aromatic nitrogens is 3. The lowest BCUT2D eigenvalue weighted by atomic mass is 9.80. The molecule has 2 aliphatic rings. The van der Waals surface area contributed by atoms with Crippen molar-refractivity contribution < 1.29 is 104 Å². The van der Waals surface area contributed by atoms with Gasteiger partial charge in [0.1, 0.15) is 30.1 Å². The van der Waals surface area contributed by atoms with Crippen LogP contribution in [-0.2, 0) is 75.7 Å². The summed E-state index contributed by atoms with van der Waals surface area (Å²) in [5.41, 5.74) is 0.365. The quantitative estimate of drug-likeness (QED) is 0.0162. The minimum absolute atomic E-state index is 0.00286. The van der Waals surface area contributed by atoms with Crippen LogP contribution in [0.2, 0.25) is 0 Å². The SMILES string of the molecule is CC1(C)C(/C=C/C(=C/C=C2/N(CCCS(=O)(=O)O)c3ccc(C(=O)NC(CS(=O)(=O)O)C(=O)O)cc3C2(C)C)c2ccc(C(=O)NCCC(=O)Nc3nnc(S(N)(=O)=O)s3)cn2)=[N+](CCCS(=O)(=O)O)c2ccc(C(=O)NC(CS(=O)(=O)O)C(=O)O)cc21. The molecule has 4 amide bonds. The van der Waals surface area contributed by atoms with Crippen LogP contribution in [0.25, 0.3) is 5.57 Å². The van der Waals surface area contributed by atoms with E-state index in [0.717, 1.165) is 0 Å². The number of fused-ring (bicyclic) bond motifs is 2. The second-order valence-electron chi connectivity index (χ2n) is 20.8. The van der Waals surface area contributed by atoms with Crippen LogP contribution >= 0.6 is 11.3 Å². The number of carboxylic acid groups (broad SMARTS) is 2. The number of nitrogens with two attached hydrogens (primary N) is 1. The zero-order valence-corrected chi connectivity index (χ0v) is 51.6. The molecule has 2 aliphatic heterocycles. The first-order valence-corrected chi connectivity index (χ1v) is 34.5. The Hall–Kier alpha value is -7.79. The van der Waals surface area contributed by atoms with Crippen molar-refractivity contribution in [2.45, 2.75) is 74.2 Å². The number of carboxylic acids is 2. The van der Waals surface area contributed by atoms with E-state index in [2.05, 4.69) is 36.4 Å². The number of nitrogens with zero attached hydrogens (tertiary/aromatic N) is 5. The van der Waals surface area contributed by atoms with Crippen LogP contribution < -0.4 is 31.3 Å². The van der Waals surface area contributed by atoms with Gasteiger partial charge in [-0.15, -0.1) is 10.2 Å². The molecule has 0 saturated heterocycles. The monoisotopic (exact) mass is 1340 g/mol. The highest BCUT2D eigenvalue weighted by Gasteiger charge is 2.45. The highest BCUT2D eigenvalue weighted by Crippen LogP contribution is 2.48. The van der Waals surface area contributed by atoms with Gasteiger partial charge in [0.15, 0.2) is 5.71 Å². The Morgan fingerprint density at radius 3 is 1.78 bits per heavy atom. The van der Waals surface area contributed by atoms with E-state index in [1.807, 2.05) is 0 Å². The van der Waals surface area contributed by atoms with E-state index in [-0.39, 0.29) is 72.0 Å². The predicted molar refractivity (Wildman–Crippen MR) is 315 cm³/mol. The minimum Gasteiger partial charge on any atom is -0.480 e. The van der Waals surface area contributed by atoms with Crippen molar-refractivity contribution in [2.24, 2.45) is 5.14 Å². The van der Waals surface area contributed by atoms with Gasteiger partial charge in [0, 0.05) is 83.3 Å². The van der Waals surface area contributed by atoms with E-state index < -0.39 is 136 Å². The van der Waals surface area contributed by atoms with E-state index in [9.17, 15) is 99.3 Å². The van der Waals surface area contributed by atoms with E-state index in [1.54, 1.807) is 61.5 Å². The maximum atomic E-state index is 13.5. The Labute approximate surface area is 507 Å². The Kier molecular flexibility index (Phi) is 21.2. The molecule has 12 N–H and O–H groups in total. The van der Waals surface area contributed by atoms with Gasteiger partial charge in [-0.3, -0.25) is 42.4 Å². The molecule has 38 heteroatoms. The van der Waals surface area contributed by atoms with Crippen LogP contribution in [0.15, 0.2) is 89.1 Å². The molecule has 0 spiro atoms. The van der Waals surface area contributed by atoms with Crippen molar-refractivity contribution in [3.8, 4) is 0 Å². The molecule has 0 saturated carbocycles. The summed E-state index contributed by atoms with van der Waals surface area (Å²) in [5, 5.41) is 40.2. The summed E-state index contributed by atoms with van der Waals surface area (Å²) in [7, 11) is -22.9. The number of pyridine rings is 1. The van der Waals surface area contributed by atoms with Crippen molar-refractivity contribution in [3.05, 3.63) is 118 Å². The van der Waals surface area contributed by atoms with E-state index >= 15 is 0 Å². The van der Waals surface area contributed by atoms with Gasteiger partial charge in [0.2, 0.25) is 21.1 Å². The van der Waals surface area contributed by atoms with Crippen LogP contribution in [0.1, 0.15) is 94.9 Å². The van der Waals surface area contributed by atoms with Gasteiger partial charge in [0.25, 0.3) is 68.2 Å². The average molecular weight is 1340 g/mol. The van der Waals surface area contributed by atoms with Gasteiger partial charge < -0.3 is 36.4 Å². The van der Waals surface area contributed by atoms with Gasteiger partial charge in [-0.2, -0.15) is 38.2 Å². The number of sulfonamides is 1. The Morgan fingerprint density at radius 2 is 1.26 bits per heavy atom. The number of allylic oxidation sites excluding steroid dienone is 6. The summed E-state index contributed by atoms with van der Waals surface area (Å²) < 4.78 is 157. The maximum absolute atomic E-state index is 13.5. The first kappa shape index (κ1) is 69.3. The predicted octanol–water partition coefficient (Wildman–Crippen LogP) is 0.734. The molecule has 6 rings (SSSR count). The third-order valence-electron chi connectivity index (χ3n) is 13.5. The van der Waals surface area contributed by atoms with Crippen LogP contribution in [0.5, 0.6) is 0 Å². The van der Waals surface area contributed by atoms with E-state index in [4.69, 9.17) is 5.14 Å². The normalized spacial score (nSPS) is 16.2. The number of carbonyl (C=O) groups is 6. The van der Waals surface area contributed by atoms with Crippen molar-refractivity contribution in [3.63, 3.8) is 0 Å². The molecular weight excluding hydrogens is 1280 g/mol. The fourth-order valence-corrected chi connectivity index (χ4v) is 13.0. The fourth-order valence-electron chi connectivity index (χ4n) is 9.39. The molecule has 32 nitrogen and oxygen atoms in total. The van der Waals surface area contributed by atoms with Gasteiger partial charge in [-0.05, 0) is 80.4 Å². The number of rotatable bonds is 28. The lowest BCUT2D eigenvalue weighted by Gasteiger charge is -2.27. The van der Waals surface area contributed by atoms with Crippen LogP contribution in [-0.4, -0.2) is 186 Å². The van der Waals surface area contributed by atoms with Gasteiger partial charge >= 0.3 is 11.9 Å². The lowest BCUT2D eigenvalue weighted by Crippen LogP contribution is -2.45. The standard InChI is InChI=1S/C50H58N10O22S6/c1-49(2)32-23-29(43(63)54-35(45(65)66)26-86(75,76)77)8-13-37(32)59(19-5-21-84(69,70)71)39(49)15-10-28(34-12-7-31(25-53-34)42(62)52-18-17-41(61)56-47-57-58-48(83-47)88(51,81)82)11-16-40-50(3,4)33-24-30(44(64)55-36(46(67)68)27-87(78,79)80)9-14-38(33)60(40)20-6-22-85(72,73)74/h7-16,23-25,35-36H,5-6,17-22,26-27H2,1-4H3,(H11-,51,52,54,55,56,57,61,62,63,64,65,66,67,68,69,70,71,72,73,74,75,76,77,78,79,80,81,82)/p+1. The zero-order chi connectivity index (χ0) is 65.7. The van der Waals surface area contributed by atoms with Crippen molar-refractivity contribution >= 4 is 125 Å². The molecule has 2 aromatic carbocycles. The summed E-state index contributed by atoms with van der Waals surface area (Å²) in [6, 6.07) is 7.02. The second-order valence-corrected chi connectivity index (χ2v) is 29.7. The summed E-state index contributed by atoms with van der Waals surface area (Å²) >= 11 is 0.505. The highest BCUT2D eigenvalue weighted by molar-refractivity contribution is 7.91. The number of primary sulfonamides is 1. The largest absolute Gasteiger partial charge is 0.480 e. The minimum atomic E-state index is -4.88. The summed E-state index contributed by atoms with van der Waals surface area (Å²) in [5.74, 6) is -11.1. The topological polar surface area (TPSA) is 514 Å². The van der Waals surface area contributed by atoms with Crippen LogP contribution in [0.3, 0.4) is 0 Å². The molecule has 0 radical (unpaired) electrons. The molecule has 4 aromatic rings. The third-order valence-corrected chi connectivity index (χ3v) is 18.8. The van der Waals surface area contributed by atoms with Crippen LogP contribution in [0.4, 0.5) is 16.5 Å². The van der Waals surface area contributed by atoms with Gasteiger partial charge in [0.05, 0.1) is 28.2 Å². The highest BCUT2D eigenvalue weighted by atomic mass is 32.3. The number of anilines is 2. The van der Waals surface area contributed by atoms with Crippen molar-refractivity contribution in [1.82, 2.24) is 31.1 Å².